The zero-order valence-corrected chi connectivity index (χ0v) is 18.0. The number of ketones is 1. The number of benzene rings is 2. The molecule has 29 heavy (non-hydrogen) atoms. The normalized spacial score (nSPS) is 19.2. The van der Waals surface area contributed by atoms with E-state index in [9.17, 15) is 4.79 Å². The van der Waals surface area contributed by atoms with Gasteiger partial charge < -0.3 is 0 Å². The number of rotatable bonds is 4. The van der Waals surface area contributed by atoms with Crippen LogP contribution < -0.4 is 0 Å². The van der Waals surface area contributed by atoms with E-state index in [0.29, 0.717) is 11.7 Å². The molecule has 0 bridgehead atoms. The first-order valence-corrected chi connectivity index (χ1v) is 11.0. The highest BCUT2D eigenvalue weighted by Gasteiger charge is 2.33. The van der Waals surface area contributed by atoms with Crippen molar-refractivity contribution in [1.82, 2.24) is 4.90 Å². The van der Waals surface area contributed by atoms with Gasteiger partial charge in [-0.25, -0.2) is 0 Å². The summed E-state index contributed by atoms with van der Waals surface area (Å²) in [6.45, 7) is 11.6. The highest BCUT2D eigenvalue weighted by Crippen LogP contribution is 2.35. The first-order valence-electron chi connectivity index (χ1n) is 11.0. The fourth-order valence-corrected chi connectivity index (χ4v) is 4.67. The van der Waals surface area contributed by atoms with E-state index in [0.717, 1.165) is 38.0 Å². The van der Waals surface area contributed by atoms with Gasteiger partial charge in [0.2, 0.25) is 0 Å². The number of piperidine rings is 1. The smallest absolute Gasteiger partial charge is 0.166 e. The Balaban J connectivity index is 0.000000970. The molecule has 4 rings (SSSR count). The van der Waals surface area contributed by atoms with E-state index < -0.39 is 0 Å². The van der Waals surface area contributed by atoms with E-state index in [1.807, 2.05) is 13.8 Å². The second kappa shape index (κ2) is 10.7. The third-order valence-corrected chi connectivity index (χ3v) is 6.40. The van der Waals surface area contributed by atoms with Gasteiger partial charge >= 0.3 is 0 Å². The van der Waals surface area contributed by atoms with Crippen LogP contribution in [0.3, 0.4) is 0 Å². The molecule has 1 heterocycles. The maximum atomic E-state index is 12.8. The lowest BCUT2D eigenvalue weighted by atomic mass is 9.85. The minimum absolute atomic E-state index is 0. The highest BCUT2D eigenvalue weighted by atomic mass is 16.1. The average Bonchev–Trinajstić information content (AvgIpc) is 3.01. The zero-order valence-electron chi connectivity index (χ0n) is 18.0. The number of carbonyl (C=O) groups excluding carboxylic acids is 1. The summed E-state index contributed by atoms with van der Waals surface area (Å²) < 4.78 is 0. The Morgan fingerprint density at radius 1 is 0.966 bits per heavy atom. The third kappa shape index (κ3) is 5.57. The van der Waals surface area contributed by atoms with Crippen LogP contribution in [-0.4, -0.2) is 23.8 Å². The van der Waals surface area contributed by atoms with Gasteiger partial charge in [-0.15, -0.1) is 0 Å². The molecule has 2 nitrogen and oxygen atoms in total. The molecule has 1 saturated heterocycles. The maximum Gasteiger partial charge on any atom is 0.166 e. The Hall–Kier alpha value is -1.93. The molecule has 158 valence electrons. The number of fused-ring (bicyclic) bond motifs is 1. The average molecular weight is 394 g/mol. The molecule has 0 spiro atoms. The summed E-state index contributed by atoms with van der Waals surface area (Å²) in [5.41, 5.74) is 6.24. The summed E-state index contributed by atoms with van der Waals surface area (Å²) >= 11 is 0. The van der Waals surface area contributed by atoms with Crippen LogP contribution in [0.25, 0.3) is 0 Å². The minimum Gasteiger partial charge on any atom is -0.299 e. The number of nitrogens with zero attached hydrogens (tertiary/aromatic N) is 1. The highest BCUT2D eigenvalue weighted by molar-refractivity contribution is 6.02. The van der Waals surface area contributed by atoms with E-state index in [1.165, 1.54) is 35.1 Å². The fourth-order valence-electron chi connectivity index (χ4n) is 4.67. The number of hydrogen-bond donors (Lipinski definition) is 0. The van der Waals surface area contributed by atoms with E-state index in [1.54, 1.807) is 0 Å². The summed E-state index contributed by atoms with van der Waals surface area (Å²) in [6.07, 6.45) is 4.49. The van der Waals surface area contributed by atoms with Crippen molar-refractivity contribution in [2.75, 3.05) is 13.1 Å². The molecule has 2 heteroatoms. The van der Waals surface area contributed by atoms with Crippen molar-refractivity contribution >= 4 is 5.78 Å². The molecule has 0 saturated carbocycles. The molecule has 1 unspecified atom stereocenters. The van der Waals surface area contributed by atoms with E-state index >= 15 is 0 Å². The number of carbonyl (C=O) groups is 1. The van der Waals surface area contributed by atoms with Gasteiger partial charge in [-0.2, -0.15) is 0 Å². The molecule has 2 aliphatic rings. The molecular weight excluding hydrogens is 354 g/mol. The monoisotopic (exact) mass is 393 g/mol. The number of likely N-dealkylation sites (tertiary alicyclic amines) is 1. The molecule has 1 atom stereocenters. The minimum atomic E-state index is 0. The lowest BCUT2D eigenvalue weighted by Crippen LogP contribution is -2.34. The SMILES string of the molecule is C.CC.Cc1cc2c(cc1C)C(=O)C(CC1CCN(Cc3ccccc3)CC1)C2. The Labute approximate surface area is 178 Å². The molecule has 0 aromatic heterocycles. The van der Waals surface area contributed by atoms with Crippen LogP contribution in [0.1, 0.15) is 73.1 Å². The largest absolute Gasteiger partial charge is 0.299 e. The predicted octanol–water partition coefficient (Wildman–Crippen LogP) is 6.62. The Kier molecular flexibility index (Phi) is 8.64. The zero-order chi connectivity index (χ0) is 20.1. The van der Waals surface area contributed by atoms with Crippen molar-refractivity contribution in [2.24, 2.45) is 11.8 Å². The van der Waals surface area contributed by atoms with Gasteiger partial charge in [0.25, 0.3) is 0 Å². The third-order valence-electron chi connectivity index (χ3n) is 6.40. The van der Waals surface area contributed by atoms with Gasteiger partial charge in [-0.3, -0.25) is 9.69 Å². The molecule has 0 amide bonds. The van der Waals surface area contributed by atoms with Crippen LogP contribution in [0.15, 0.2) is 42.5 Å². The van der Waals surface area contributed by atoms with Gasteiger partial charge in [-0.05, 0) is 86.9 Å². The Morgan fingerprint density at radius 2 is 1.59 bits per heavy atom. The van der Waals surface area contributed by atoms with Crippen LogP contribution in [0.4, 0.5) is 0 Å². The summed E-state index contributed by atoms with van der Waals surface area (Å²) in [5.74, 6) is 1.32. The summed E-state index contributed by atoms with van der Waals surface area (Å²) in [4.78, 5) is 15.4. The molecule has 2 aromatic rings. The lowest BCUT2D eigenvalue weighted by molar-refractivity contribution is 0.0895. The van der Waals surface area contributed by atoms with Crippen molar-refractivity contribution in [3.63, 3.8) is 0 Å². The van der Waals surface area contributed by atoms with Crippen molar-refractivity contribution in [2.45, 2.75) is 67.3 Å². The summed E-state index contributed by atoms with van der Waals surface area (Å²) in [7, 11) is 0. The molecule has 1 aliphatic carbocycles. The Bertz CT molecular complexity index is 788. The van der Waals surface area contributed by atoms with Crippen molar-refractivity contribution in [3.8, 4) is 0 Å². The Morgan fingerprint density at radius 3 is 2.24 bits per heavy atom. The number of hydrogen-bond acceptors (Lipinski definition) is 2. The summed E-state index contributed by atoms with van der Waals surface area (Å²) in [5, 5.41) is 0. The molecular formula is C27H39NO. The second-order valence-electron chi connectivity index (χ2n) is 8.30. The van der Waals surface area contributed by atoms with Crippen LogP contribution in [0.5, 0.6) is 0 Å². The fraction of sp³-hybridized carbons (Fsp3) is 0.519. The predicted molar refractivity (Wildman–Crippen MR) is 125 cm³/mol. The van der Waals surface area contributed by atoms with E-state index in [4.69, 9.17) is 0 Å². The molecule has 1 fully saturated rings. The summed E-state index contributed by atoms with van der Waals surface area (Å²) in [6, 6.07) is 15.1. The van der Waals surface area contributed by atoms with Crippen molar-refractivity contribution in [3.05, 3.63) is 70.3 Å². The topological polar surface area (TPSA) is 20.3 Å². The van der Waals surface area contributed by atoms with E-state index in [2.05, 4.69) is 61.2 Å². The number of Topliss-reactive ketones (excluding diaryl/α,β-unsaturated/α-hetero) is 1. The first-order chi connectivity index (χ1) is 13.6. The number of aryl methyl sites for hydroxylation is 2. The van der Waals surface area contributed by atoms with Gasteiger partial charge in [0, 0.05) is 18.0 Å². The first kappa shape index (κ1) is 23.3. The van der Waals surface area contributed by atoms with Gasteiger partial charge in [0.1, 0.15) is 0 Å². The van der Waals surface area contributed by atoms with Crippen molar-refractivity contribution in [1.29, 1.82) is 0 Å². The van der Waals surface area contributed by atoms with Gasteiger partial charge in [0.05, 0.1) is 0 Å². The molecule has 1 aliphatic heterocycles. The second-order valence-corrected chi connectivity index (χ2v) is 8.30. The van der Waals surface area contributed by atoms with Crippen LogP contribution in [-0.2, 0) is 13.0 Å². The molecule has 0 N–H and O–H groups in total. The van der Waals surface area contributed by atoms with Crippen LogP contribution in [0, 0.1) is 25.7 Å². The van der Waals surface area contributed by atoms with Crippen LogP contribution >= 0.6 is 0 Å². The van der Waals surface area contributed by atoms with Gasteiger partial charge in [0.15, 0.2) is 5.78 Å². The molecule has 2 aromatic carbocycles. The standard InChI is InChI=1S/C24H29NO.C2H6.CH4/c1-17-12-21-15-22(24(26)23(21)13-18(17)2)14-19-8-10-25(11-9-19)16-20-6-4-3-5-7-20;1-2;/h3-7,12-13,19,22H,8-11,14-16H2,1-2H3;1-2H3;1H4. The maximum absolute atomic E-state index is 12.8. The van der Waals surface area contributed by atoms with E-state index in [-0.39, 0.29) is 13.3 Å². The van der Waals surface area contributed by atoms with Gasteiger partial charge in [-0.1, -0.05) is 57.7 Å². The molecule has 0 radical (unpaired) electrons. The quantitative estimate of drug-likeness (QED) is 0.581. The lowest BCUT2D eigenvalue weighted by Gasteiger charge is -2.33. The van der Waals surface area contributed by atoms with Crippen molar-refractivity contribution < 1.29 is 4.79 Å². The van der Waals surface area contributed by atoms with Crippen LogP contribution in [0.2, 0.25) is 0 Å².